The number of hydrogen-bond acceptors (Lipinski definition) is 5. The van der Waals surface area contributed by atoms with E-state index in [1.807, 2.05) is 19.2 Å². The molecule has 1 aliphatic rings. The summed E-state index contributed by atoms with van der Waals surface area (Å²) in [6.07, 6.45) is 2.38. The molecular formula is C22H26N4O4S. The fourth-order valence-electron chi connectivity index (χ4n) is 3.22. The van der Waals surface area contributed by atoms with Crippen LogP contribution in [0.1, 0.15) is 13.3 Å². The van der Waals surface area contributed by atoms with Gasteiger partial charge in [-0.1, -0.05) is 24.3 Å². The first-order chi connectivity index (χ1) is 15.0. The molecule has 0 aromatic heterocycles. The number of nitrogens with one attached hydrogen (secondary N) is 3. The van der Waals surface area contributed by atoms with Crippen LogP contribution in [0.5, 0.6) is 5.75 Å². The average molecular weight is 443 g/mol. The van der Waals surface area contributed by atoms with Crippen molar-refractivity contribution in [2.45, 2.75) is 19.4 Å². The molecule has 2 aromatic rings. The van der Waals surface area contributed by atoms with Gasteiger partial charge in [0.05, 0.1) is 23.7 Å². The van der Waals surface area contributed by atoms with Crippen LogP contribution < -0.4 is 25.6 Å². The van der Waals surface area contributed by atoms with Crippen molar-refractivity contribution in [2.75, 3.05) is 40.7 Å². The molecule has 0 bridgehead atoms. The van der Waals surface area contributed by atoms with Gasteiger partial charge in [-0.05, 0) is 49.6 Å². The van der Waals surface area contributed by atoms with E-state index in [0.717, 1.165) is 0 Å². The fourth-order valence-corrected chi connectivity index (χ4v) is 3.69. The van der Waals surface area contributed by atoms with E-state index >= 15 is 0 Å². The van der Waals surface area contributed by atoms with Gasteiger partial charge in [0.15, 0.2) is 0 Å². The number of hydrogen-bond donors (Lipinski definition) is 3. The van der Waals surface area contributed by atoms with Crippen LogP contribution in [0.15, 0.2) is 48.5 Å². The Bertz CT molecular complexity index is 953. The SMILES string of the molecule is CCOc1ccccc1NC(=O)[C@@H](CCSC)NC(=O)N1CC(=O)Nc2ccccc21. The zero-order chi connectivity index (χ0) is 22.2. The Hall–Kier alpha value is -3.20. The number of carbonyl (C=O) groups is 3. The molecule has 3 rings (SSSR count). The average Bonchev–Trinajstić information content (AvgIpc) is 2.77. The van der Waals surface area contributed by atoms with Gasteiger partial charge in [-0.15, -0.1) is 0 Å². The van der Waals surface area contributed by atoms with Gasteiger partial charge < -0.3 is 20.7 Å². The summed E-state index contributed by atoms with van der Waals surface area (Å²) in [4.78, 5) is 39.4. The van der Waals surface area contributed by atoms with Crippen LogP contribution in [0.3, 0.4) is 0 Å². The summed E-state index contributed by atoms with van der Waals surface area (Å²) >= 11 is 1.58. The Morgan fingerprint density at radius 2 is 1.94 bits per heavy atom. The molecule has 0 aliphatic carbocycles. The molecule has 164 valence electrons. The van der Waals surface area contributed by atoms with Crippen LogP contribution in [0.2, 0.25) is 0 Å². The second-order valence-corrected chi connectivity index (χ2v) is 7.84. The number of fused-ring (bicyclic) bond motifs is 1. The van der Waals surface area contributed by atoms with Gasteiger partial charge in [0.2, 0.25) is 11.8 Å². The minimum atomic E-state index is -0.771. The second-order valence-electron chi connectivity index (χ2n) is 6.85. The highest BCUT2D eigenvalue weighted by molar-refractivity contribution is 7.98. The second kappa shape index (κ2) is 10.7. The van der Waals surface area contributed by atoms with Crippen LogP contribution in [0.4, 0.5) is 21.9 Å². The molecule has 2 aromatic carbocycles. The maximum atomic E-state index is 13.0. The summed E-state index contributed by atoms with van der Waals surface area (Å²) in [5.41, 5.74) is 1.69. The molecule has 1 atom stereocenters. The minimum Gasteiger partial charge on any atom is -0.492 e. The first kappa shape index (κ1) is 22.5. The predicted octanol–water partition coefficient (Wildman–Crippen LogP) is 3.31. The molecule has 1 aliphatic heterocycles. The summed E-state index contributed by atoms with van der Waals surface area (Å²) in [5, 5.41) is 8.40. The Kier molecular flexibility index (Phi) is 7.77. The maximum absolute atomic E-state index is 13.0. The number of nitrogens with zero attached hydrogens (tertiary/aromatic N) is 1. The summed E-state index contributed by atoms with van der Waals surface area (Å²) in [6, 6.07) is 12.9. The summed E-state index contributed by atoms with van der Waals surface area (Å²) in [5.74, 6) is 0.617. The third-order valence-corrected chi connectivity index (χ3v) is 5.33. The van der Waals surface area contributed by atoms with E-state index in [1.165, 1.54) is 4.90 Å². The van der Waals surface area contributed by atoms with Gasteiger partial charge >= 0.3 is 6.03 Å². The van der Waals surface area contributed by atoms with Crippen molar-refractivity contribution in [3.05, 3.63) is 48.5 Å². The van der Waals surface area contributed by atoms with Gasteiger partial charge in [0, 0.05) is 0 Å². The van der Waals surface area contributed by atoms with E-state index in [1.54, 1.807) is 54.2 Å². The Balaban J connectivity index is 1.76. The number of amides is 4. The molecule has 31 heavy (non-hydrogen) atoms. The summed E-state index contributed by atoms with van der Waals surface area (Å²) < 4.78 is 5.57. The van der Waals surface area contributed by atoms with Crippen molar-refractivity contribution < 1.29 is 19.1 Å². The third kappa shape index (κ3) is 5.69. The van der Waals surface area contributed by atoms with E-state index in [4.69, 9.17) is 4.74 Å². The van der Waals surface area contributed by atoms with Crippen LogP contribution in [0, 0.1) is 0 Å². The van der Waals surface area contributed by atoms with Crippen LogP contribution in [0.25, 0.3) is 0 Å². The molecule has 0 unspecified atom stereocenters. The fraction of sp³-hybridized carbons (Fsp3) is 0.318. The van der Waals surface area contributed by atoms with Gasteiger partial charge in [-0.25, -0.2) is 4.79 Å². The van der Waals surface area contributed by atoms with E-state index < -0.39 is 12.1 Å². The molecule has 0 saturated heterocycles. The van der Waals surface area contributed by atoms with Crippen LogP contribution >= 0.6 is 11.8 Å². The zero-order valence-corrected chi connectivity index (χ0v) is 18.3. The summed E-state index contributed by atoms with van der Waals surface area (Å²) in [7, 11) is 0. The number of urea groups is 1. The first-order valence-corrected chi connectivity index (χ1v) is 11.4. The predicted molar refractivity (Wildman–Crippen MR) is 124 cm³/mol. The van der Waals surface area contributed by atoms with Crippen molar-refractivity contribution >= 4 is 46.7 Å². The molecule has 0 fully saturated rings. The van der Waals surface area contributed by atoms with Crippen molar-refractivity contribution in [3.8, 4) is 5.75 Å². The largest absolute Gasteiger partial charge is 0.492 e. The lowest BCUT2D eigenvalue weighted by Crippen LogP contribution is -2.53. The monoisotopic (exact) mass is 442 g/mol. The molecule has 1 heterocycles. The number of rotatable bonds is 8. The minimum absolute atomic E-state index is 0.118. The van der Waals surface area contributed by atoms with E-state index in [0.29, 0.717) is 41.6 Å². The number of benzene rings is 2. The van der Waals surface area contributed by atoms with Crippen molar-refractivity contribution in [1.82, 2.24) is 5.32 Å². The lowest BCUT2D eigenvalue weighted by molar-refractivity contribution is -0.118. The molecule has 0 spiro atoms. The maximum Gasteiger partial charge on any atom is 0.323 e. The lowest BCUT2D eigenvalue weighted by atomic mass is 10.1. The third-order valence-electron chi connectivity index (χ3n) is 4.69. The zero-order valence-electron chi connectivity index (χ0n) is 17.5. The topological polar surface area (TPSA) is 99.8 Å². The van der Waals surface area contributed by atoms with E-state index in [-0.39, 0.29) is 18.4 Å². The highest BCUT2D eigenvalue weighted by Gasteiger charge is 2.30. The number of anilines is 3. The highest BCUT2D eigenvalue weighted by Crippen LogP contribution is 2.29. The molecule has 9 heteroatoms. The number of carbonyl (C=O) groups excluding carboxylic acids is 3. The normalized spacial score (nSPS) is 13.6. The molecular weight excluding hydrogens is 416 g/mol. The quantitative estimate of drug-likeness (QED) is 0.582. The molecule has 0 saturated carbocycles. The Morgan fingerprint density at radius 1 is 1.19 bits per heavy atom. The Morgan fingerprint density at radius 3 is 2.71 bits per heavy atom. The summed E-state index contributed by atoms with van der Waals surface area (Å²) in [6.45, 7) is 2.22. The van der Waals surface area contributed by atoms with Gasteiger partial charge in [0.25, 0.3) is 0 Å². The smallest absolute Gasteiger partial charge is 0.323 e. The first-order valence-electron chi connectivity index (χ1n) is 10.0. The number of ether oxygens (including phenoxy) is 1. The molecule has 3 N–H and O–H groups in total. The Labute approximate surface area is 185 Å². The number of thioether (sulfide) groups is 1. The number of para-hydroxylation sites is 4. The molecule has 8 nitrogen and oxygen atoms in total. The van der Waals surface area contributed by atoms with Crippen LogP contribution in [-0.2, 0) is 9.59 Å². The van der Waals surface area contributed by atoms with Crippen molar-refractivity contribution in [1.29, 1.82) is 0 Å². The van der Waals surface area contributed by atoms with Crippen molar-refractivity contribution in [2.24, 2.45) is 0 Å². The van der Waals surface area contributed by atoms with Crippen LogP contribution in [-0.4, -0.2) is 49.0 Å². The lowest BCUT2D eigenvalue weighted by Gasteiger charge is -2.30. The highest BCUT2D eigenvalue weighted by atomic mass is 32.2. The van der Waals surface area contributed by atoms with E-state index in [2.05, 4.69) is 16.0 Å². The van der Waals surface area contributed by atoms with Gasteiger partial charge in [0.1, 0.15) is 18.3 Å². The standard InChI is InChI=1S/C22H26N4O4S/c1-3-30-19-11-7-5-9-16(19)24-21(28)17(12-13-31-2)25-22(29)26-14-20(27)23-15-8-4-6-10-18(15)26/h4-11,17H,3,12-14H2,1-2H3,(H,23,27)(H,24,28)(H,25,29)/t17-/m1/s1. The van der Waals surface area contributed by atoms with Gasteiger partial charge in [-0.3, -0.25) is 14.5 Å². The van der Waals surface area contributed by atoms with Gasteiger partial charge in [-0.2, -0.15) is 11.8 Å². The van der Waals surface area contributed by atoms with Crippen molar-refractivity contribution in [3.63, 3.8) is 0 Å². The molecule has 0 radical (unpaired) electrons. The molecule has 4 amide bonds. The van der Waals surface area contributed by atoms with E-state index in [9.17, 15) is 14.4 Å².